The second-order valence-electron chi connectivity index (χ2n) is 4.07. The van der Waals surface area contributed by atoms with Crippen LogP contribution in [0.2, 0.25) is 0 Å². The van der Waals surface area contributed by atoms with Crippen molar-refractivity contribution in [1.29, 1.82) is 0 Å². The molecule has 3 N–H and O–H groups in total. The van der Waals surface area contributed by atoms with Gasteiger partial charge in [0, 0.05) is 12.6 Å². The average molecular weight is 254 g/mol. The van der Waals surface area contributed by atoms with E-state index in [-0.39, 0.29) is 25.0 Å². The summed E-state index contributed by atoms with van der Waals surface area (Å²) in [5, 5.41) is 24.5. The van der Waals surface area contributed by atoms with E-state index >= 15 is 0 Å². The topological polar surface area (TPSA) is 124 Å². The van der Waals surface area contributed by atoms with Gasteiger partial charge in [0.1, 0.15) is 0 Å². The van der Waals surface area contributed by atoms with Crippen molar-refractivity contribution in [2.24, 2.45) is 0 Å². The molecule has 2 heterocycles. The number of carbonyl (C=O) groups is 2. The van der Waals surface area contributed by atoms with Gasteiger partial charge in [0.2, 0.25) is 0 Å². The van der Waals surface area contributed by atoms with E-state index in [2.05, 4.69) is 25.9 Å². The molecule has 98 valence electrons. The van der Waals surface area contributed by atoms with Crippen LogP contribution in [0, 0.1) is 0 Å². The third-order valence-corrected chi connectivity index (χ3v) is 2.84. The normalized spacial score (nSPS) is 18.9. The molecule has 9 nitrogen and oxygen atoms in total. The number of amides is 2. The molecule has 0 aliphatic carbocycles. The molecule has 1 unspecified atom stereocenters. The van der Waals surface area contributed by atoms with Crippen LogP contribution in [0.3, 0.4) is 0 Å². The number of hydrogen-bond donors (Lipinski definition) is 3. The molecule has 1 aliphatic heterocycles. The number of aliphatic carboxylic acids is 1. The van der Waals surface area contributed by atoms with E-state index in [1.54, 1.807) is 4.90 Å². The molecule has 9 heteroatoms. The van der Waals surface area contributed by atoms with Crippen molar-refractivity contribution >= 4 is 12.0 Å². The Kier molecular flexibility index (Phi) is 3.70. The van der Waals surface area contributed by atoms with E-state index in [9.17, 15) is 9.59 Å². The summed E-state index contributed by atoms with van der Waals surface area (Å²) in [6.07, 6.45) is 1.53. The second-order valence-corrected chi connectivity index (χ2v) is 4.07. The molecule has 1 aliphatic rings. The number of carboxylic acids is 1. The first kappa shape index (κ1) is 12.3. The van der Waals surface area contributed by atoms with Crippen LogP contribution in [0.4, 0.5) is 4.79 Å². The minimum atomic E-state index is -0.891. The zero-order valence-electron chi connectivity index (χ0n) is 9.67. The fraction of sp³-hybridized carbons (Fsp3) is 0.667. The number of aromatic amines is 1. The van der Waals surface area contributed by atoms with Crippen LogP contribution in [-0.4, -0.2) is 55.2 Å². The molecule has 1 atom stereocenters. The van der Waals surface area contributed by atoms with E-state index in [4.69, 9.17) is 5.11 Å². The SMILES string of the molecule is O=C(O)CC1CCCN1C(=O)NCc1nn[nH]n1. The molecular formula is C9H14N6O3. The van der Waals surface area contributed by atoms with Gasteiger partial charge >= 0.3 is 12.0 Å². The number of nitrogens with one attached hydrogen (secondary N) is 2. The Morgan fingerprint density at radius 3 is 3.06 bits per heavy atom. The van der Waals surface area contributed by atoms with Crippen LogP contribution in [0.5, 0.6) is 0 Å². The third kappa shape index (κ3) is 2.93. The Hall–Kier alpha value is -2.19. The summed E-state index contributed by atoms with van der Waals surface area (Å²) in [6.45, 7) is 0.752. The summed E-state index contributed by atoms with van der Waals surface area (Å²) < 4.78 is 0. The third-order valence-electron chi connectivity index (χ3n) is 2.84. The Labute approximate surface area is 103 Å². The quantitative estimate of drug-likeness (QED) is 0.655. The lowest BCUT2D eigenvalue weighted by molar-refractivity contribution is -0.137. The number of hydrogen-bond acceptors (Lipinski definition) is 5. The summed E-state index contributed by atoms with van der Waals surface area (Å²) in [5.41, 5.74) is 0. The van der Waals surface area contributed by atoms with Gasteiger partial charge in [-0.25, -0.2) is 4.79 Å². The lowest BCUT2D eigenvalue weighted by Crippen LogP contribution is -2.43. The Bertz CT molecular complexity index is 420. The summed E-state index contributed by atoms with van der Waals surface area (Å²) in [7, 11) is 0. The maximum absolute atomic E-state index is 11.9. The maximum Gasteiger partial charge on any atom is 0.318 e. The fourth-order valence-electron chi connectivity index (χ4n) is 2.03. The standard InChI is InChI=1S/C9H14N6O3/c16-8(17)4-6-2-1-3-15(6)9(18)10-5-7-11-13-14-12-7/h6H,1-5H2,(H,10,18)(H,16,17)(H,11,12,13,14). The van der Waals surface area contributed by atoms with E-state index in [1.165, 1.54) is 0 Å². The number of nitrogens with zero attached hydrogens (tertiary/aromatic N) is 4. The molecule has 1 fully saturated rings. The van der Waals surface area contributed by atoms with Gasteiger partial charge in [0.05, 0.1) is 13.0 Å². The summed E-state index contributed by atoms with van der Waals surface area (Å²) in [6, 6.07) is -0.517. The zero-order valence-corrected chi connectivity index (χ0v) is 9.67. The first-order chi connectivity index (χ1) is 8.66. The molecule has 0 saturated carbocycles. The largest absolute Gasteiger partial charge is 0.481 e. The lowest BCUT2D eigenvalue weighted by atomic mass is 10.1. The van der Waals surface area contributed by atoms with Crippen LogP contribution in [0.1, 0.15) is 25.1 Å². The van der Waals surface area contributed by atoms with Crippen molar-refractivity contribution in [2.75, 3.05) is 6.54 Å². The molecule has 2 rings (SSSR count). The van der Waals surface area contributed by atoms with Gasteiger partial charge in [-0.05, 0) is 12.8 Å². The van der Waals surface area contributed by atoms with Gasteiger partial charge in [-0.1, -0.05) is 5.21 Å². The minimum Gasteiger partial charge on any atom is -0.481 e. The van der Waals surface area contributed by atoms with Crippen molar-refractivity contribution in [3.05, 3.63) is 5.82 Å². The van der Waals surface area contributed by atoms with Gasteiger partial charge in [-0.2, -0.15) is 5.21 Å². The molecule has 0 aromatic carbocycles. The first-order valence-electron chi connectivity index (χ1n) is 5.65. The van der Waals surface area contributed by atoms with Crippen molar-refractivity contribution < 1.29 is 14.7 Å². The fourth-order valence-corrected chi connectivity index (χ4v) is 2.03. The zero-order chi connectivity index (χ0) is 13.0. The van der Waals surface area contributed by atoms with Crippen LogP contribution in [-0.2, 0) is 11.3 Å². The van der Waals surface area contributed by atoms with E-state index in [0.717, 1.165) is 12.8 Å². The number of carbonyl (C=O) groups excluding carboxylic acids is 1. The number of likely N-dealkylation sites (tertiary alicyclic amines) is 1. The van der Waals surface area contributed by atoms with Gasteiger partial charge < -0.3 is 15.3 Å². The smallest absolute Gasteiger partial charge is 0.318 e. The van der Waals surface area contributed by atoms with Crippen LogP contribution < -0.4 is 5.32 Å². The summed E-state index contributed by atoms with van der Waals surface area (Å²) in [5.74, 6) is -0.504. The maximum atomic E-state index is 11.9. The van der Waals surface area contributed by atoms with E-state index in [0.29, 0.717) is 12.4 Å². The highest BCUT2D eigenvalue weighted by molar-refractivity contribution is 5.76. The number of carboxylic acid groups (broad SMARTS) is 1. The molecule has 1 saturated heterocycles. The van der Waals surface area contributed by atoms with E-state index in [1.807, 2.05) is 0 Å². The van der Waals surface area contributed by atoms with Crippen LogP contribution in [0.15, 0.2) is 0 Å². The van der Waals surface area contributed by atoms with E-state index < -0.39 is 5.97 Å². The number of aromatic nitrogens is 4. The Morgan fingerprint density at radius 2 is 2.39 bits per heavy atom. The average Bonchev–Trinajstić information content (AvgIpc) is 2.95. The summed E-state index contributed by atoms with van der Waals surface area (Å²) >= 11 is 0. The Balaban J connectivity index is 1.85. The molecule has 1 aromatic rings. The van der Waals surface area contributed by atoms with Crippen molar-refractivity contribution in [3.8, 4) is 0 Å². The number of rotatable bonds is 4. The summed E-state index contributed by atoms with van der Waals surface area (Å²) in [4.78, 5) is 24.1. The predicted octanol–water partition coefficient (Wildman–Crippen LogP) is -0.652. The highest BCUT2D eigenvalue weighted by atomic mass is 16.4. The molecule has 0 spiro atoms. The number of urea groups is 1. The second kappa shape index (κ2) is 5.43. The van der Waals surface area contributed by atoms with Gasteiger partial charge in [-0.3, -0.25) is 4.79 Å². The number of tetrazole rings is 1. The van der Waals surface area contributed by atoms with Crippen LogP contribution in [0.25, 0.3) is 0 Å². The first-order valence-corrected chi connectivity index (χ1v) is 5.65. The lowest BCUT2D eigenvalue weighted by Gasteiger charge is -2.23. The molecule has 1 aromatic heterocycles. The molecule has 0 bridgehead atoms. The Morgan fingerprint density at radius 1 is 1.56 bits per heavy atom. The predicted molar refractivity (Wildman–Crippen MR) is 58.4 cm³/mol. The van der Waals surface area contributed by atoms with Crippen LogP contribution >= 0.6 is 0 Å². The van der Waals surface area contributed by atoms with Gasteiger partial charge in [0.15, 0.2) is 5.82 Å². The van der Waals surface area contributed by atoms with Crippen molar-refractivity contribution in [3.63, 3.8) is 0 Å². The van der Waals surface area contributed by atoms with Crippen molar-refractivity contribution in [1.82, 2.24) is 30.8 Å². The molecule has 18 heavy (non-hydrogen) atoms. The highest BCUT2D eigenvalue weighted by Gasteiger charge is 2.30. The monoisotopic (exact) mass is 254 g/mol. The molecule has 0 radical (unpaired) electrons. The minimum absolute atomic E-state index is 0.0182. The molecular weight excluding hydrogens is 240 g/mol. The highest BCUT2D eigenvalue weighted by Crippen LogP contribution is 2.19. The number of H-pyrrole nitrogens is 1. The van der Waals surface area contributed by atoms with Gasteiger partial charge in [0.25, 0.3) is 0 Å². The molecule has 2 amide bonds. The van der Waals surface area contributed by atoms with Gasteiger partial charge in [-0.15, -0.1) is 10.2 Å². The van der Waals surface area contributed by atoms with Crippen molar-refractivity contribution in [2.45, 2.75) is 31.8 Å².